The third-order valence-electron chi connectivity index (χ3n) is 4.16. The molecule has 128 valence electrons. The molecule has 0 spiro atoms. The van der Waals surface area contributed by atoms with E-state index in [1.807, 2.05) is 0 Å². The summed E-state index contributed by atoms with van der Waals surface area (Å²) in [6.45, 7) is 0. The predicted octanol–water partition coefficient (Wildman–Crippen LogP) is -0.166. The molecule has 4 atom stereocenters. The number of aliphatic hydroxyl groups is 2. The Hall–Kier alpha value is -2.58. The highest BCUT2D eigenvalue weighted by molar-refractivity contribution is 5.87. The van der Waals surface area contributed by atoms with Gasteiger partial charge in [0.2, 0.25) is 0 Å². The molecule has 4 N–H and O–H groups in total. The van der Waals surface area contributed by atoms with Gasteiger partial charge in [-0.2, -0.15) is 0 Å². The number of phenolic OH excluding ortho intramolecular Hbond substituents is 2. The van der Waals surface area contributed by atoms with Crippen molar-refractivity contribution in [2.24, 2.45) is 0 Å². The van der Waals surface area contributed by atoms with Gasteiger partial charge in [0, 0.05) is 18.9 Å². The van der Waals surface area contributed by atoms with Crippen molar-refractivity contribution in [3.63, 3.8) is 0 Å². The smallest absolute Gasteiger partial charge is 0.338 e. The van der Waals surface area contributed by atoms with Crippen molar-refractivity contribution < 1.29 is 39.5 Å². The van der Waals surface area contributed by atoms with Gasteiger partial charge >= 0.3 is 11.9 Å². The van der Waals surface area contributed by atoms with Gasteiger partial charge in [-0.05, 0) is 23.8 Å². The van der Waals surface area contributed by atoms with E-state index in [1.165, 1.54) is 24.3 Å². The van der Waals surface area contributed by atoms with Crippen LogP contribution in [-0.2, 0) is 19.1 Å². The fraction of sp³-hybridized carbons (Fsp3) is 0.375. The second kappa shape index (κ2) is 5.81. The first-order valence-electron chi connectivity index (χ1n) is 7.31. The first kappa shape index (κ1) is 16.3. The molecule has 0 aromatic heterocycles. The van der Waals surface area contributed by atoms with E-state index < -0.39 is 35.9 Å². The maximum Gasteiger partial charge on any atom is 0.338 e. The maximum atomic E-state index is 11.9. The number of hydrogen-bond acceptors (Lipinski definition) is 8. The molecule has 3 rings (SSSR count). The lowest BCUT2D eigenvalue weighted by atomic mass is 9.82. The Bertz CT molecular complexity index is 712. The molecule has 0 unspecified atom stereocenters. The van der Waals surface area contributed by atoms with Gasteiger partial charge in [-0.3, -0.25) is 0 Å². The molecule has 8 heteroatoms. The zero-order chi connectivity index (χ0) is 17.5. The number of aromatic hydroxyl groups is 2. The van der Waals surface area contributed by atoms with E-state index in [2.05, 4.69) is 0 Å². The summed E-state index contributed by atoms with van der Waals surface area (Å²) in [6.07, 6.45) is -1.000. The monoisotopic (exact) mass is 336 g/mol. The van der Waals surface area contributed by atoms with E-state index in [4.69, 9.17) is 9.47 Å². The van der Waals surface area contributed by atoms with Crippen LogP contribution in [0.5, 0.6) is 11.5 Å². The Morgan fingerprint density at radius 3 is 2.75 bits per heavy atom. The molecular formula is C16H16O8. The molecule has 24 heavy (non-hydrogen) atoms. The van der Waals surface area contributed by atoms with E-state index >= 15 is 0 Å². The van der Waals surface area contributed by atoms with Gasteiger partial charge < -0.3 is 29.9 Å². The lowest BCUT2D eigenvalue weighted by Crippen LogP contribution is -2.50. The number of fused-ring (bicyclic) bond motifs is 2. The van der Waals surface area contributed by atoms with Gasteiger partial charge in [0.15, 0.2) is 17.1 Å². The van der Waals surface area contributed by atoms with E-state index in [-0.39, 0.29) is 24.3 Å². The van der Waals surface area contributed by atoms with Crippen LogP contribution < -0.4 is 0 Å². The number of rotatable bonds is 3. The highest BCUT2D eigenvalue weighted by Gasteiger charge is 2.58. The molecule has 1 saturated heterocycles. The van der Waals surface area contributed by atoms with E-state index in [9.17, 15) is 30.0 Å². The first-order chi connectivity index (χ1) is 11.3. The normalized spacial score (nSPS) is 31.9. The topological polar surface area (TPSA) is 134 Å². The van der Waals surface area contributed by atoms with Crippen LogP contribution in [0.25, 0.3) is 6.08 Å². The van der Waals surface area contributed by atoms with Crippen molar-refractivity contribution in [3.8, 4) is 11.5 Å². The van der Waals surface area contributed by atoms with Crippen molar-refractivity contribution in [2.75, 3.05) is 0 Å². The number of benzene rings is 1. The molecule has 0 amide bonds. The molecule has 2 bridgehead atoms. The van der Waals surface area contributed by atoms with E-state index in [0.717, 1.165) is 6.08 Å². The van der Waals surface area contributed by atoms with E-state index in [0.29, 0.717) is 5.56 Å². The summed E-state index contributed by atoms with van der Waals surface area (Å²) in [5.41, 5.74) is -1.29. The summed E-state index contributed by atoms with van der Waals surface area (Å²) in [4.78, 5) is 23.4. The van der Waals surface area contributed by atoms with Gasteiger partial charge in [0.05, 0.1) is 0 Å². The van der Waals surface area contributed by atoms with Crippen molar-refractivity contribution in [3.05, 3.63) is 29.8 Å². The minimum absolute atomic E-state index is 0.0241. The number of phenols is 2. The summed E-state index contributed by atoms with van der Waals surface area (Å²) < 4.78 is 9.96. The SMILES string of the molecule is O=C(/C=C/c1ccc(O)c(O)c1)O[C@@H]1C[C@@]2(O)C[C@@H](OC2=O)[C@H]1O. The van der Waals surface area contributed by atoms with Crippen molar-refractivity contribution in [1.29, 1.82) is 0 Å². The van der Waals surface area contributed by atoms with Crippen LogP contribution in [0.4, 0.5) is 0 Å². The molecular weight excluding hydrogens is 320 g/mol. The quantitative estimate of drug-likeness (QED) is 0.340. The standard InChI is InChI=1S/C16H16O8/c17-9-3-1-8(5-10(9)18)2-4-13(19)23-11-6-16(22)7-12(14(11)20)24-15(16)21/h1-5,11-12,14,17-18,20,22H,6-7H2/b4-2+/t11-,12-,14+,16-/m1/s1. The first-order valence-corrected chi connectivity index (χ1v) is 7.31. The molecule has 1 aliphatic heterocycles. The third-order valence-corrected chi connectivity index (χ3v) is 4.16. The summed E-state index contributed by atoms with van der Waals surface area (Å²) in [5.74, 6) is -2.22. The predicted molar refractivity (Wildman–Crippen MR) is 78.8 cm³/mol. The fourth-order valence-electron chi connectivity index (χ4n) is 2.86. The number of carbonyl (C=O) groups is 2. The number of esters is 2. The second-order valence-electron chi connectivity index (χ2n) is 5.93. The number of aliphatic hydroxyl groups excluding tert-OH is 1. The molecule has 1 aromatic carbocycles. The molecule has 8 nitrogen and oxygen atoms in total. The molecule has 1 saturated carbocycles. The Labute approximate surface area is 136 Å². The second-order valence-corrected chi connectivity index (χ2v) is 5.93. The van der Waals surface area contributed by atoms with Crippen LogP contribution in [-0.4, -0.2) is 56.3 Å². The Kier molecular flexibility index (Phi) is 3.94. The Balaban J connectivity index is 1.65. The van der Waals surface area contributed by atoms with Gasteiger partial charge in [-0.1, -0.05) is 6.07 Å². The molecule has 1 aliphatic carbocycles. The largest absolute Gasteiger partial charge is 0.504 e. The van der Waals surface area contributed by atoms with Crippen LogP contribution in [0, 0.1) is 0 Å². The molecule has 0 radical (unpaired) electrons. The molecule has 2 fully saturated rings. The summed E-state index contributed by atoms with van der Waals surface area (Å²) in [7, 11) is 0. The van der Waals surface area contributed by atoms with Gasteiger partial charge in [0.1, 0.15) is 18.3 Å². The van der Waals surface area contributed by atoms with Crippen LogP contribution in [0.1, 0.15) is 18.4 Å². The lowest BCUT2D eigenvalue weighted by molar-refractivity contribution is -0.162. The highest BCUT2D eigenvalue weighted by atomic mass is 16.6. The van der Waals surface area contributed by atoms with Crippen LogP contribution >= 0.6 is 0 Å². The Morgan fingerprint density at radius 2 is 2.04 bits per heavy atom. The summed E-state index contributed by atoms with van der Waals surface area (Å²) >= 11 is 0. The maximum absolute atomic E-state index is 11.9. The molecule has 2 aliphatic rings. The van der Waals surface area contributed by atoms with Crippen molar-refractivity contribution in [1.82, 2.24) is 0 Å². The minimum Gasteiger partial charge on any atom is -0.504 e. The van der Waals surface area contributed by atoms with Crippen LogP contribution in [0.2, 0.25) is 0 Å². The van der Waals surface area contributed by atoms with Crippen LogP contribution in [0.15, 0.2) is 24.3 Å². The van der Waals surface area contributed by atoms with Crippen molar-refractivity contribution >= 4 is 18.0 Å². The van der Waals surface area contributed by atoms with Gasteiger partial charge in [-0.15, -0.1) is 0 Å². The Morgan fingerprint density at radius 1 is 1.29 bits per heavy atom. The number of carbonyl (C=O) groups excluding carboxylic acids is 2. The highest BCUT2D eigenvalue weighted by Crippen LogP contribution is 2.39. The van der Waals surface area contributed by atoms with Crippen LogP contribution in [0.3, 0.4) is 0 Å². The number of hydrogen-bond donors (Lipinski definition) is 4. The third kappa shape index (κ3) is 2.93. The summed E-state index contributed by atoms with van der Waals surface area (Å²) in [6, 6.07) is 4.00. The average molecular weight is 336 g/mol. The fourth-order valence-corrected chi connectivity index (χ4v) is 2.86. The van der Waals surface area contributed by atoms with Gasteiger partial charge in [-0.25, -0.2) is 9.59 Å². The minimum atomic E-state index is -1.73. The average Bonchev–Trinajstić information content (AvgIpc) is 2.78. The van der Waals surface area contributed by atoms with Gasteiger partial charge in [0.25, 0.3) is 0 Å². The molecule has 1 heterocycles. The van der Waals surface area contributed by atoms with E-state index in [1.54, 1.807) is 0 Å². The molecule has 1 aromatic rings. The lowest BCUT2D eigenvalue weighted by Gasteiger charge is -2.32. The zero-order valence-electron chi connectivity index (χ0n) is 12.5. The summed E-state index contributed by atoms with van der Waals surface area (Å²) in [5, 5.41) is 38.7. The number of ether oxygens (including phenoxy) is 2. The zero-order valence-corrected chi connectivity index (χ0v) is 12.5. The van der Waals surface area contributed by atoms with Crippen molar-refractivity contribution in [2.45, 2.75) is 36.8 Å².